The van der Waals surface area contributed by atoms with Crippen LogP contribution >= 0.6 is 0 Å². The van der Waals surface area contributed by atoms with Crippen LogP contribution in [0.25, 0.3) is 0 Å². The molecule has 0 saturated heterocycles. The molecule has 2 unspecified atom stereocenters. The van der Waals surface area contributed by atoms with Crippen molar-refractivity contribution in [3.63, 3.8) is 0 Å². The summed E-state index contributed by atoms with van der Waals surface area (Å²) in [5.74, 6) is 1.94. The van der Waals surface area contributed by atoms with Gasteiger partial charge in [0, 0.05) is 0 Å². The Morgan fingerprint density at radius 1 is 1.31 bits per heavy atom. The van der Waals surface area contributed by atoms with Gasteiger partial charge in [0.25, 0.3) is 0 Å². The largest absolute Gasteiger partial charge is 0.394 e. The molecule has 1 aliphatic carbocycles. The van der Waals surface area contributed by atoms with Crippen LogP contribution in [0.1, 0.15) is 40.0 Å². The van der Waals surface area contributed by atoms with Crippen LogP contribution in [0.5, 0.6) is 0 Å². The number of rotatable bonds is 5. The molecule has 1 fully saturated rings. The highest BCUT2D eigenvalue weighted by Crippen LogP contribution is 2.35. The first kappa shape index (κ1) is 13.9. The lowest BCUT2D eigenvalue weighted by molar-refractivity contribution is -0.0776. The van der Waals surface area contributed by atoms with E-state index < -0.39 is 6.10 Å². The number of hydrogen-bond acceptors (Lipinski definition) is 3. The van der Waals surface area contributed by atoms with Crippen LogP contribution in [0.2, 0.25) is 0 Å². The molecule has 0 radical (unpaired) electrons. The van der Waals surface area contributed by atoms with Crippen molar-refractivity contribution < 1.29 is 14.9 Å². The second kappa shape index (κ2) is 6.58. The Morgan fingerprint density at radius 3 is 2.56 bits per heavy atom. The zero-order valence-electron chi connectivity index (χ0n) is 10.7. The van der Waals surface area contributed by atoms with Crippen molar-refractivity contribution in [2.75, 3.05) is 13.2 Å². The maximum absolute atomic E-state index is 9.30. The minimum Gasteiger partial charge on any atom is -0.394 e. The van der Waals surface area contributed by atoms with E-state index in [1.54, 1.807) is 0 Å². The highest BCUT2D eigenvalue weighted by molar-refractivity contribution is 4.81. The highest BCUT2D eigenvalue weighted by Gasteiger charge is 2.31. The van der Waals surface area contributed by atoms with Crippen molar-refractivity contribution in [2.45, 2.75) is 52.2 Å². The lowest BCUT2D eigenvalue weighted by Crippen LogP contribution is -2.36. The molecule has 0 bridgehead atoms. The van der Waals surface area contributed by atoms with E-state index in [0.717, 1.165) is 6.42 Å². The summed E-state index contributed by atoms with van der Waals surface area (Å²) in [7, 11) is 0. The average molecular weight is 230 g/mol. The fraction of sp³-hybridized carbons (Fsp3) is 1.00. The molecule has 0 aromatic rings. The number of ether oxygens (including phenoxy) is 1. The monoisotopic (exact) mass is 230 g/mol. The molecule has 0 aliphatic heterocycles. The van der Waals surface area contributed by atoms with E-state index in [-0.39, 0.29) is 19.3 Å². The molecule has 4 atom stereocenters. The fourth-order valence-electron chi connectivity index (χ4n) is 2.59. The molecule has 0 aromatic carbocycles. The van der Waals surface area contributed by atoms with Gasteiger partial charge in [-0.3, -0.25) is 0 Å². The summed E-state index contributed by atoms with van der Waals surface area (Å²) in [5, 5.41) is 18.1. The molecule has 96 valence electrons. The first-order valence-electron chi connectivity index (χ1n) is 6.45. The average Bonchev–Trinajstić information content (AvgIpc) is 2.25. The summed E-state index contributed by atoms with van der Waals surface area (Å²) in [5.41, 5.74) is 0. The predicted octanol–water partition coefficient (Wildman–Crippen LogP) is 1.82. The molecule has 3 heteroatoms. The first-order valence-corrected chi connectivity index (χ1v) is 6.45. The van der Waals surface area contributed by atoms with Gasteiger partial charge in [-0.15, -0.1) is 0 Å². The summed E-state index contributed by atoms with van der Waals surface area (Å²) >= 11 is 0. The molecule has 1 saturated carbocycles. The Balaban J connectivity index is 2.44. The van der Waals surface area contributed by atoms with E-state index in [4.69, 9.17) is 9.84 Å². The third-order valence-electron chi connectivity index (χ3n) is 3.67. The maximum Gasteiger partial charge on any atom is 0.100 e. The van der Waals surface area contributed by atoms with Crippen LogP contribution in [0.15, 0.2) is 0 Å². The highest BCUT2D eigenvalue weighted by atomic mass is 16.5. The molecule has 2 N–H and O–H groups in total. The van der Waals surface area contributed by atoms with E-state index >= 15 is 0 Å². The normalized spacial score (nSPS) is 33.0. The van der Waals surface area contributed by atoms with Crippen LogP contribution in [-0.2, 0) is 4.74 Å². The molecule has 0 amide bonds. The summed E-state index contributed by atoms with van der Waals surface area (Å²) in [6, 6.07) is 0. The van der Waals surface area contributed by atoms with Gasteiger partial charge in [0.05, 0.1) is 19.3 Å². The Kier molecular flexibility index (Phi) is 5.73. The summed E-state index contributed by atoms with van der Waals surface area (Å²) in [6.07, 6.45) is 3.11. The molecular formula is C13H26O3. The van der Waals surface area contributed by atoms with Crippen molar-refractivity contribution in [1.29, 1.82) is 0 Å². The minimum absolute atomic E-state index is 0.214. The standard InChI is InChI=1S/C13H26O3/c1-9(2)12-5-4-10(3)6-13(12)16-8-11(15)7-14/h9-15H,4-8H2,1-3H3/t10?,11?,12-,13+/m0/s1. The smallest absolute Gasteiger partial charge is 0.100 e. The third kappa shape index (κ3) is 4.04. The first-order chi connectivity index (χ1) is 7.54. The summed E-state index contributed by atoms with van der Waals surface area (Å²) in [4.78, 5) is 0. The molecule has 3 nitrogen and oxygen atoms in total. The Hall–Kier alpha value is -0.120. The van der Waals surface area contributed by atoms with Crippen molar-refractivity contribution in [3.8, 4) is 0 Å². The molecule has 1 aliphatic rings. The Morgan fingerprint density at radius 2 is 2.00 bits per heavy atom. The van der Waals surface area contributed by atoms with E-state index in [1.165, 1.54) is 12.8 Å². The molecule has 0 spiro atoms. The quantitative estimate of drug-likeness (QED) is 0.757. The Bertz CT molecular complexity index is 194. The number of hydrogen-bond donors (Lipinski definition) is 2. The van der Waals surface area contributed by atoms with Crippen LogP contribution in [-0.4, -0.2) is 35.6 Å². The number of aliphatic hydroxyl groups is 2. The van der Waals surface area contributed by atoms with Crippen molar-refractivity contribution >= 4 is 0 Å². The molecule has 16 heavy (non-hydrogen) atoms. The van der Waals surface area contributed by atoms with Crippen LogP contribution < -0.4 is 0 Å². The SMILES string of the molecule is CC1CC[C@@H](C(C)C)[C@H](OCC(O)CO)C1. The predicted molar refractivity (Wildman–Crippen MR) is 64.2 cm³/mol. The van der Waals surface area contributed by atoms with Crippen molar-refractivity contribution in [3.05, 3.63) is 0 Å². The summed E-state index contributed by atoms with van der Waals surface area (Å²) in [6.45, 7) is 6.78. The van der Waals surface area contributed by atoms with Gasteiger partial charge < -0.3 is 14.9 Å². The van der Waals surface area contributed by atoms with Gasteiger partial charge in [-0.25, -0.2) is 0 Å². The number of aliphatic hydroxyl groups excluding tert-OH is 2. The van der Waals surface area contributed by atoms with Crippen molar-refractivity contribution in [2.24, 2.45) is 17.8 Å². The maximum atomic E-state index is 9.30. The van der Waals surface area contributed by atoms with E-state index in [1.807, 2.05) is 0 Å². The van der Waals surface area contributed by atoms with Crippen molar-refractivity contribution in [1.82, 2.24) is 0 Å². The topological polar surface area (TPSA) is 49.7 Å². The Labute approximate surface area is 98.8 Å². The molecule has 1 rings (SSSR count). The zero-order valence-corrected chi connectivity index (χ0v) is 10.7. The fourth-order valence-corrected chi connectivity index (χ4v) is 2.59. The zero-order chi connectivity index (χ0) is 12.1. The van der Waals surface area contributed by atoms with E-state index in [9.17, 15) is 5.11 Å². The second-order valence-corrected chi connectivity index (χ2v) is 5.53. The van der Waals surface area contributed by atoms with Gasteiger partial charge in [-0.2, -0.15) is 0 Å². The van der Waals surface area contributed by atoms with Gasteiger partial charge >= 0.3 is 0 Å². The van der Waals surface area contributed by atoms with Gasteiger partial charge in [-0.1, -0.05) is 27.2 Å². The van der Waals surface area contributed by atoms with Crippen LogP contribution in [0.4, 0.5) is 0 Å². The van der Waals surface area contributed by atoms with Gasteiger partial charge in [0.1, 0.15) is 6.10 Å². The van der Waals surface area contributed by atoms with Gasteiger partial charge in [-0.05, 0) is 30.6 Å². The van der Waals surface area contributed by atoms with Crippen LogP contribution in [0, 0.1) is 17.8 Å². The minimum atomic E-state index is -0.731. The molecule has 0 heterocycles. The molecule has 0 aromatic heterocycles. The lowest BCUT2D eigenvalue weighted by atomic mass is 9.75. The van der Waals surface area contributed by atoms with E-state index in [0.29, 0.717) is 17.8 Å². The van der Waals surface area contributed by atoms with Crippen LogP contribution in [0.3, 0.4) is 0 Å². The lowest BCUT2D eigenvalue weighted by Gasteiger charge is -2.37. The second-order valence-electron chi connectivity index (χ2n) is 5.53. The summed E-state index contributed by atoms with van der Waals surface area (Å²) < 4.78 is 5.77. The van der Waals surface area contributed by atoms with Gasteiger partial charge in [0.2, 0.25) is 0 Å². The van der Waals surface area contributed by atoms with E-state index in [2.05, 4.69) is 20.8 Å². The third-order valence-corrected chi connectivity index (χ3v) is 3.67. The molecular weight excluding hydrogens is 204 g/mol. The van der Waals surface area contributed by atoms with Gasteiger partial charge in [0.15, 0.2) is 0 Å².